The summed E-state index contributed by atoms with van der Waals surface area (Å²) < 4.78 is 19.1. The van der Waals surface area contributed by atoms with Crippen LogP contribution in [0.25, 0.3) is 16.5 Å². The van der Waals surface area contributed by atoms with Crippen molar-refractivity contribution in [3.63, 3.8) is 0 Å². The maximum absolute atomic E-state index is 13.6. The standard InChI is InChI=1S/C28H20FNO4/c1-34-23-9-5-4-8-22(23)25-24(26(31)19-11-10-17-6-2-3-7-18(17)16-19)27(32)28(33)30(25)21-14-12-20(29)13-15-21/h2-16,25,31H,1H3/b26-24+. The third-order valence-corrected chi connectivity index (χ3v) is 6.01. The lowest BCUT2D eigenvalue weighted by molar-refractivity contribution is -0.132. The monoisotopic (exact) mass is 453 g/mol. The number of aliphatic hydroxyl groups excluding tert-OH is 1. The first kappa shape index (κ1) is 21.4. The fourth-order valence-corrected chi connectivity index (χ4v) is 4.38. The minimum atomic E-state index is -0.965. The predicted octanol–water partition coefficient (Wildman–Crippen LogP) is 5.61. The van der Waals surface area contributed by atoms with Crippen molar-refractivity contribution in [1.82, 2.24) is 0 Å². The summed E-state index contributed by atoms with van der Waals surface area (Å²) in [4.78, 5) is 27.8. The number of ketones is 1. The summed E-state index contributed by atoms with van der Waals surface area (Å²) in [5.41, 5.74) is 1.21. The molecule has 1 aliphatic rings. The van der Waals surface area contributed by atoms with Crippen LogP contribution in [0.1, 0.15) is 17.2 Å². The van der Waals surface area contributed by atoms with Crippen LogP contribution in [0.15, 0.2) is 96.6 Å². The smallest absolute Gasteiger partial charge is 0.300 e. The van der Waals surface area contributed by atoms with Gasteiger partial charge in [-0.2, -0.15) is 0 Å². The van der Waals surface area contributed by atoms with Gasteiger partial charge in [0, 0.05) is 16.8 Å². The van der Waals surface area contributed by atoms with Crippen LogP contribution in [0, 0.1) is 5.82 Å². The van der Waals surface area contributed by atoms with Gasteiger partial charge < -0.3 is 9.84 Å². The van der Waals surface area contributed by atoms with Crippen molar-refractivity contribution >= 4 is 33.9 Å². The van der Waals surface area contributed by atoms with Crippen molar-refractivity contribution in [1.29, 1.82) is 0 Å². The van der Waals surface area contributed by atoms with Gasteiger partial charge in [0.15, 0.2) is 0 Å². The van der Waals surface area contributed by atoms with Gasteiger partial charge in [-0.1, -0.05) is 54.6 Å². The average Bonchev–Trinajstić information content (AvgIpc) is 3.13. The highest BCUT2D eigenvalue weighted by molar-refractivity contribution is 6.51. The number of carbonyl (C=O) groups excluding carboxylic acids is 2. The molecule has 5 nitrogen and oxygen atoms in total. The number of benzene rings is 4. The largest absolute Gasteiger partial charge is 0.507 e. The second-order valence-corrected chi connectivity index (χ2v) is 7.95. The number of para-hydroxylation sites is 1. The molecule has 4 aromatic rings. The van der Waals surface area contributed by atoms with E-state index in [2.05, 4.69) is 0 Å². The Morgan fingerprint density at radius 1 is 0.882 bits per heavy atom. The summed E-state index contributed by atoms with van der Waals surface area (Å²) in [6.07, 6.45) is 0. The molecule has 1 heterocycles. The first-order chi connectivity index (χ1) is 16.5. The number of rotatable bonds is 4. The zero-order valence-corrected chi connectivity index (χ0v) is 18.2. The van der Waals surface area contributed by atoms with Crippen LogP contribution in [-0.2, 0) is 9.59 Å². The van der Waals surface area contributed by atoms with Gasteiger partial charge in [-0.05, 0) is 47.2 Å². The average molecular weight is 453 g/mol. The number of anilines is 1. The summed E-state index contributed by atoms with van der Waals surface area (Å²) in [7, 11) is 1.49. The first-order valence-electron chi connectivity index (χ1n) is 10.7. The zero-order chi connectivity index (χ0) is 23.8. The normalized spacial score (nSPS) is 17.4. The number of carbonyl (C=O) groups is 2. The minimum absolute atomic E-state index is 0.0610. The number of amides is 1. The van der Waals surface area contributed by atoms with E-state index >= 15 is 0 Å². The fourth-order valence-electron chi connectivity index (χ4n) is 4.38. The van der Waals surface area contributed by atoms with Crippen LogP contribution in [0.3, 0.4) is 0 Å². The van der Waals surface area contributed by atoms with Crippen LogP contribution < -0.4 is 9.64 Å². The van der Waals surface area contributed by atoms with Crippen molar-refractivity contribution in [2.45, 2.75) is 6.04 Å². The van der Waals surface area contributed by atoms with Crippen molar-refractivity contribution in [3.05, 3.63) is 114 Å². The maximum Gasteiger partial charge on any atom is 0.300 e. The van der Waals surface area contributed by atoms with Crippen molar-refractivity contribution < 1.29 is 23.8 Å². The van der Waals surface area contributed by atoms with Gasteiger partial charge in [-0.25, -0.2) is 4.39 Å². The number of halogens is 1. The highest BCUT2D eigenvalue weighted by Crippen LogP contribution is 2.45. The van der Waals surface area contributed by atoms with E-state index in [0.29, 0.717) is 22.6 Å². The van der Waals surface area contributed by atoms with Crippen LogP contribution in [-0.4, -0.2) is 23.9 Å². The summed E-state index contributed by atoms with van der Waals surface area (Å²) in [5.74, 6) is -1.95. The van der Waals surface area contributed by atoms with Gasteiger partial charge in [-0.15, -0.1) is 0 Å². The fraction of sp³-hybridized carbons (Fsp3) is 0.0714. The van der Waals surface area contributed by atoms with Crippen molar-refractivity contribution in [2.75, 3.05) is 12.0 Å². The highest BCUT2D eigenvalue weighted by Gasteiger charge is 2.47. The number of hydrogen-bond donors (Lipinski definition) is 1. The molecular weight excluding hydrogens is 433 g/mol. The van der Waals surface area contributed by atoms with E-state index in [4.69, 9.17) is 4.74 Å². The number of Topliss-reactive ketones (excluding diaryl/α,β-unsaturated/α-hetero) is 1. The molecule has 168 valence electrons. The Kier molecular flexibility index (Phi) is 5.34. The molecule has 1 atom stereocenters. The third-order valence-electron chi connectivity index (χ3n) is 6.01. The lowest BCUT2D eigenvalue weighted by Crippen LogP contribution is -2.29. The maximum atomic E-state index is 13.6. The van der Waals surface area contributed by atoms with E-state index in [-0.39, 0.29) is 11.3 Å². The van der Waals surface area contributed by atoms with Gasteiger partial charge in [0.2, 0.25) is 0 Å². The molecule has 0 aliphatic carbocycles. The molecule has 1 amide bonds. The lowest BCUT2D eigenvalue weighted by atomic mass is 9.93. The zero-order valence-electron chi connectivity index (χ0n) is 18.2. The Hall–Kier alpha value is -4.45. The molecule has 0 radical (unpaired) electrons. The third kappa shape index (κ3) is 3.49. The molecule has 1 unspecified atom stereocenters. The second-order valence-electron chi connectivity index (χ2n) is 7.95. The number of nitrogens with zero attached hydrogens (tertiary/aromatic N) is 1. The SMILES string of the molecule is COc1ccccc1C1/C(=C(\O)c2ccc3ccccc3c2)C(=O)C(=O)N1c1ccc(F)cc1. The Labute approximate surface area is 195 Å². The number of hydrogen-bond acceptors (Lipinski definition) is 4. The van der Waals surface area contributed by atoms with E-state index in [1.165, 1.54) is 36.3 Å². The molecule has 4 aromatic carbocycles. The number of methoxy groups -OCH3 is 1. The molecule has 1 saturated heterocycles. The number of aliphatic hydroxyl groups is 1. The van der Waals surface area contributed by atoms with E-state index in [1.54, 1.807) is 36.4 Å². The molecule has 0 bridgehead atoms. The molecule has 34 heavy (non-hydrogen) atoms. The Morgan fingerprint density at radius 2 is 1.56 bits per heavy atom. The topological polar surface area (TPSA) is 66.8 Å². The lowest BCUT2D eigenvalue weighted by Gasteiger charge is -2.26. The van der Waals surface area contributed by atoms with E-state index < -0.39 is 23.5 Å². The summed E-state index contributed by atoms with van der Waals surface area (Å²) in [6, 6.07) is 24.3. The van der Waals surface area contributed by atoms with Gasteiger partial charge in [0.25, 0.3) is 11.7 Å². The molecule has 0 spiro atoms. The minimum Gasteiger partial charge on any atom is -0.507 e. The summed E-state index contributed by atoms with van der Waals surface area (Å²) in [6.45, 7) is 0. The second kappa shape index (κ2) is 8.48. The van der Waals surface area contributed by atoms with Crippen molar-refractivity contribution in [2.24, 2.45) is 0 Å². The molecular formula is C28H20FNO4. The van der Waals surface area contributed by atoms with Gasteiger partial charge >= 0.3 is 0 Å². The van der Waals surface area contributed by atoms with E-state index in [0.717, 1.165) is 10.8 Å². The summed E-state index contributed by atoms with van der Waals surface area (Å²) >= 11 is 0. The van der Waals surface area contributed by atoms with E-state index in [1.807, 2.05) is 30.3 Å². The van der Waals surface area contributed by atoms with Crippen LogP contribution in [0.4, 0.5) is 10.1 Å². The molecule has 1 N–H and O–H groups in total. The quantitative estimate of drug-likeness (QED) is 0.248. The Bertz CT molecular complexity index is 1460. The highest BCUT2D eigenvalue weighted by atomic mass is 19.1. The van der Waals surface area contributed by atoms with E-state index in [9.17, 15) is 19.1 Å². The Morgan fingerprint density at radius 3 is 2.29 bits per heavy atom. The number of fused-ring (bicyclic) bond motifs is 1. The van der Waals surface area contributed by atoms with Crippen LogP contribution in [0.2, 0.25) is 0 Å². The number of ether oxygens (including phenoxy) is 1. The van der Waals surface area contributed by atoms with Gasteiger partial charge in [0.1, 0.15) is 17.3 Å². The van der Waals surface area contributed by atoms with Crippen LogP contribution in [0.5, 0.6) is 5.75 Å². The first-order valence-corrected chi connectivity index (χ1v) is 10.7. The van der Waals surface area contributed by atoms with Crippen molar-refractivity contribution in [3.8, 4) is 5.75 Å². The predicted molar refractivity (Wildman–Crippen MR) is 128 cm³/mol. The molecule has 1 aliphatic heterocycles. The Balaban J connectivity index is 1.75. The molecule has 0 saturated carbocycles. The molecule has 0 aromatic heterocycles. The van der Waals surface area contributed by atoms with Crippen LogP contribution >= 0.6 is 0 Å². The van der Waals surface area contributed by atoms with Gasteiger partial charge in [-0.3, -0.25) is 14.5 Å². The summed E-state index contributed by atoms with van der Waals surface area (Å²) in [5, 5.41) is 13.2. The molecule has 6 heteroatoms. The van der Waals surface area contributed by atoms with Gasteiger partial charge in [0.05, 0.1) is 18.7 Å². The molecule has 1 fully saturated rings. The molecule has 5 rings (SSSR count).